The van der Waals surface area contributed by atoms with Gasteiger partial charge >= 0.3 is 6.03 Å². The molecule has 3 rings (SSSR count). The molecule has 0 saturated carbocycles. The van der Waals surface area contributed by atoms with Crippen molar-refractivity contribution in [2.75, 3.05) is 26.0 Å². The van der Waals surface area contributed by atoms with Gasteiger partial charge in [-0.05, 0) is 30.2 Å². The summed E-state index contributed by atoms with van der Waals surface area (Å²) in [5.74, 6) is 2.31. The standard InChI is InChI=1S/C20H24N2O3S/c1-3-21-20(23)22-11-12-26-19(22)16-9-10-17(24-2)18(13-16)25-14-15-7-5-4-6-8-15/h4-10,13,19H,3,11-12,14H2,1-2H3,(H,21,23). The minimum absolute atomic E-state index is 0.00784. The summed E-state index contributed by atoms with van der Waals surface area (Å²) < 4.78 is 11.4. The smallest absolute Gasteiger partial charge is 0.318 e. The Hall–Kier alpha value is -2.34. The van der Waals surface area contributed by atoms with E-state index in [1.54, 1.807) is 18.9 Å². The van der Waals surface area contributed by atoms with Crippen molar-refractivity contribution in [2.45, 2.75) is 18.9 Å². The predicted octanol–water partition coefficient (Wildman–Crippen LogP) is 4.05. The highest BCUT2D eigenvalue weighted by molar-refractivity contribution is 7.99. The maximum absolute atomic E-state index is 12.3. The largest absolute Gasteiger partial charge is 0.493 e. The van der Waals surface area contributed by atoms with Gasteiger partial charge in [0, 0.05) is 18.8 Å². The zero-order valence-electron chi connectivity index (χ0n) is 15.1. The van der Waals surface area contributed by atoms with Crippen LogP contribution in [0.3, 0.4) is 0 Å². The highest BCUT2D eigenvalue weighted by Crippen LogP contribution is 2.41. The summed E-state index contributed by atoms with van der Waals surface area (Å²) in [7, 11) is 1.63. The van der Waals surface area contributed by atoms with Crippen molar-refractivity contribution >= 4 is 17.8 Å². The molecule has 2 aromatic carbocycles. The van der Waals surface area contributed by atoms with Crippen LogP contribution in [0.5, 0.6) is 11.5 Å². The van der Waals surface area contributed by atoms with Crippen molar-refractivity contribution in [2.24, 2.45) is 0 Å². The number of amides is 2. The number of hydrogen-bond donors (Lipinski definition) is 1. The molecule has 1 unspecified atom stereocenters. The Morgan fingerprint density at radius 2 is 2.04 bits per heavy atom. The van der Waals surface area contributed by atoms with Gasteiger partial charge in [-0.2, -0.15) is 0 Å². The molecule has 1 atom stereocenters. The van der Waals surface area contributed by atoms with Crippen molar-refractivity contribution in [3.63, 3.8) is 0 Å². The van der Waals surface area contributed by atoms with Crippen LogP contribution in [0.4, 0.5) is 4.79 Å². The average Bonchev–Trinajstić information content (AvgIpc) is 3.17. The lowest BCUT2D eigenvalue weighted by Gasteiger charge is -2.25. The molecule has 1 N–H and O–H groups in total. The topological polar surface area (TPSA) is 50.8 Å². The highest BCUT2D eigenvalue weighted by atomic mass is 32.2. The third kappa shape index (κ3) is 4.25. The number of thioether (sulfide) groups is 1. The van der Waals surface area contributed by atoms with E-state index in [2.05, 4.69) is 5.32 Å². The number of methoxy groups -OCH3 is 1. The fraction of sp³-hybridized carbons (Fsp3) is 0.350. The summed E-state index contributed by atoms with van der Waals surface area (Å²) >= 11 is 1.76. The lowest BCUT2D eigenvalue weighted by molar-refractivity contribution is 0.200. The van der Waals surface area contributed by atoms with Crippen LogP contribution in [-0.2, 0) is 6.61 Å². The number of carbonyl (C=O) groups excluding carboxylic acids is 1. The van der Waals surface area contributed by atoms with E-state index in [0.717, 1.165) is 23.4 Å². The highest BCUT2D eigenvalue weighted by Gasteiger charge is 2.31. The summed E-state index contributed by atoms with van der Waals surface area (Å²) in [6, 6.07) is 15.9. The molecular formula is C20H24N2O3S. The van der Waals surface area contributed by atoms with E-state index in [-0.39, 0.29) is 11.4 Å². The van der Waals surface area contributed by atoms with E-state index < -0.39 is 0 Å². The van der Waals surface area contributed by atoms with Crippen LogP contribution in [0, 0.1) is 0 Å². The Balaban J connectivity index is 1.79. The van der Waals surface area contributed by atoms with Gasteiger partial charge < -0.3 is 19.7 Å². The number of rotatable bonds is 6. The third-order valence-electron chi connectivity index (χ3n) is 4.19. The first kappa shape index (κ1) is 18.5. The Kier molecular flexibility index (Phi) is 6.28. The van der Waals surface area contributed by atoms with Crippen molar-refractivity contribution in [3.05, 3.63) is 59.7 Å². The maximum Gasteiger partial charge on any atom is 0.318 e. The molecule has 6 heteroatoms. The number of nitrogens with zero attached hydrogens (tertiary/aromatic N) is 1. The number of nitrogens with one attached hydrogen (secondary N) is 1. The van der Waals surface area contributed by atoms with Crippen LogP contribution in [0.1, 0.15) is 23.4 Å². The van der Waals surface area contributed by atoms with E-state index in [1.807, 2.05) is 60.4 Å². The first-order valence-corrected chi connectivity index (χ1v) is 9.78. The van der Waals surface area contributed by atoms with Crippen LogP contribution in [0.15, 0.2) is 48.5 Å². The summed E-state index contributed by atoms with van der Waals surface area (Å²) in [6.07, 6.45) is 0. The number of ether oxygens (including phenoxy) is 2. The van der Waals surface area contributed by atoms with Gasteiger partial charge in [0.15, 0.2) is 11.5 Å². The number of urea groups is 1. The summed E-state index contributed by atoms with van der Waals surface area (Å²) in [5, 5.41) is 2.88. The first-order valence-electron chi connectivity index (χ1n) is 8.73. The molecule has 1 heterocycles. The van der Waals surface area contributed by atoms with E-state index >= 15 is 0 Å². The molecule has 2 amide bonds. The molecule has 26 heavy (non-hydrogen) atoms. The molecule has 0 aliphatic carbocycles. The van der Waals surface area contributed by atoms with Gasteiger partial charge in [-0.3, -0.25) is 0 Å². The zero-order valence-corrected chi connectivity index (χ0v) is 15.9. The molecule has 138 valence electrons. The van der Waals surface area contributed by atoms with Crippen molar-refractivity contribution < 1.29 is 14.3 Å². The molecule has 5 nitrogen and oxygen atoms in total. The number of hydrogen-bond acceptors (Lipinski definition) is 4. The van der Waals surface area contributed by atoms with Gasteiger partial charge in [0.2, 0.25) is 0 Å². The summed E-state index contributed by atoms with van der Waals surface area (Å²) in [6.45, 7) is 3.77. The molecule has 0 radical (unpaired) electrons. The van der Waals surface area contributed by atoms with Crippen LogP contribution in [-0.4, -0.2) is 36.9 Å². The van der Waals surface area contributed by atoms with Crippen LogP contribution >= 0.6 is 11.8 Å². The van der Waals surface area contributed by atoms with Gasteiger partial charge in [-0.1, -0.05) is 36.4 Å². The Bertz CT molecular complexity index is 739. The minimum Gasteiger partial charge on any atom is -0.493 e. The second-order valence-electron chi connectivity index (χ2n) is 5.94. The van der Waals surface area contributed by atoms with Gasteiger partial charge in [0.1, 0.15) is 12.0 Å². The Labute approximate surface area is 158 Å². The second-order valence-corrected chi connectivity index (χ2v) is 7.12. The van der Waals surface area contributed by atoms with Crippen LogP contribution in [0.25, 0.3) is 0 Å². The fourth-order valence-electron chi connectivity index (χ4n) is 2.90. The SMILES string of the molecule is CCNC(=O)N1CCSC1c1ccc(OC)c(OCc2ccccc2)c1. The predicted molar refractivity (Wildman–Crippen MR) is 105 cm³/mol. The normalized spacial score (nSPS) is 16.4. The van der Waals surface area contributed by atoms with Gasteiger partial charge in [-0.25, -0.2) is 4.79 Å². The lowest BCUT2D eigenvalue weighted by Crippen LogP contribution is -2.39. The Morgan fingerprint density at radius 3 is 2.77 bits per heavy atom. The molecule has 1 fully saturated rings. The summed E-state index contributed by atoms with van der Waals surface area (Å²) in [4.78, 5) is 14.2. The number of benzene rings is 2. The molecule has 0 bridgehead atoms. The lowest BCUT2D eigenvalue weighted by atomic mass is 10.1. The fourth-order valence-corrected chi connectivity index (χ4v) is 4.15. The molecule has 1 aliphatic rings. The third-order valence-corrected chi connectivity index (χ3v) is 5.45. The van der Waals surface area contributed by atoms with E-state index in [1.165, 1.54) is 0 Å². The van der Waals surface area contributed by atoms with Gasteiger partial charge in [0.25, 0.3) is 0 Å². The van der Waals surface area contributed by atoms with Gasteiger partial charge in [0.05, 0.1) is 7.11 Å². The molecule has 2 aromatic rings. The van der Waals surface area contributed by atoms with E-state index in [9.17, 15) is 4.79 Å². The molecule has 0 aromatic heterocycles. The average molecular weight is 372 g/mol. The first-order chi connectivity index (χ1) is 12.7. The van der Waals surface area contributed by atoms with Gasteiger partial charge in [-0.15, -0.1) is 11.8 Å². The quantitative estimate of drug-likeness (QED) is 0.831. The monoisotopic (exact) mass is 372 g/mol. The van der Waals surface area contributed by atoms with E-state index in [0.29, 0.717) is 24.7 Å². The Morgan fingerprint density at radius 1 is 1.23 bits per heavy atom. The molecule has 1 aliphatic heterocycles. The second kappa shape index (κ2) is 8.85. The van der Waals surface area contributed by atoms with Crippen LogP contribution in [0.2, 0.25) is 0 Å². The van der Waals surface area contributed by atoms with E-state index in [4.69, 9.17) is 9.47 Å². The molecular weight excluding hydrogens is 348 g/mol. The maximum atomic E-state index is 12.3. The number of carbonyl (C=O) groups is 1. The van der Waals surface area contributed by atoms with Crippen molar-refractivity contribution in [3.8, 4) is 11.5 Å². The molecule has 0 spiro atoms. The van der Waals surface area contributed by atoms with Crippen LogP contribution < -0.4 is 14.8 Å². The molecule has 1 saturated heterocycles. The minimum atomic E-state index is -0.0231. The summed E-state index contributed by atoms with van der Waals surface area (Å²) in [5.41, 5.74) is 2.14. The van der Waals surface area contributed by atoms with Crippen molar-refractivity contribution in [1.82, 2.24) is 10.2 Å². The zero-order chi connectivity index (χ0) is 18.4. The van der Waals surface area contributed by atoms with Crippen molar-refractivity contribution in [1.29, 1.82) is 0 Å².